The van der Waals surface area contributed by atoms with Crippen molar-refractivity contribution in [3.05, 3.63) is 47.2 Å². The van der Waals surface area contributed by atoms with Crippen LogP contribution in [0.15, 0.2) is 36.7 Å². The standard InChI is InChI=1S/C15H14ClN3O2/c16-13-6-5-12(4-1-2-9-20)14(10-13)18-15(21)11-19-8-3-7-17-19/h3,5-8,10,20H,2,9,11H2,(H,18,21). The molecule has 0 atom stereocenters. The quantitative estimate of drug-likeness (QED) is 0.848. The number of aliphatic hydroxyl groups excluding tert-OH is 1. The number of hydrogen-bond donors (Lipinski definition) is 2. The third-order valence-electron chi connectivity index (χ3n) is 2.58. The van der Waals surface area contributed by atoms with E-state index in [0.717, 1.165) is 0 Å². The Kier molecular flexibility index (Phi) is 5.38. The maximum atomic E-state index is 12.0. The smallest absolute Gasteiger partial charge is 0.246 e. The maximum Gasteiger partial charge on any atom is 0.246 e. The summed E-state index contributed by atoms with van der Waals surface area (Å²) < 4.78 is 1.52. The highest BCUT2D eigenvalue weighted by molar-refractivity contribution is 6.31. The summed E-state index contributed by atoms with van der Waals surface area (Å²) in [4.78, 5) is 12.0. The fourth-order valence-electron chi connectivity index (χ4n) is 1.67. The molecule has 0 aliphatic rings. The predicted molar refractivity (Wildman–Crippen MR) is 80.9 cm³/mol. The maximum absolute atomic E-state index is 12.0. The van der Waals surface area contributed by atoms with Crippen molar-refractivity contribution in [1.29, 1.82) is 0 Å². The topological polar surface area (TPSA) is 67.2 Å². The van der Waals surface area contributed by atoms with E-state index in [2.05, 4.69) is 22.3 Å². The van der Waals surface area contributed by atoms with Crippen LogP contribution in [0.1, 0.15) is 12.0 Å². The van der Waals surface area contributed by atoms with Crippen molar-refractivity contribution in [3.63, 3.8) is 0 Å². The monoisotopic (exact) mass is 303 g/mol. The molecule has 2 rings (SSSR count). The van der Waals surface area contributed by atoms with Crippen molar-refractivity contribution < 1.29 is 9.90 Å². The van der Waals surface area contributed by atoms with Crippen LogP contribution in [0.2, 0.25) is 5.02 Å². The summed E-state index contributed by atoms with van der Waals surface area (Å²) in [7, 11) is 0. The number of amides is 1. The fourth-order valence-corrected chi connectivity index (χ4v) is 1.85. The average Bonchev–Trinajstić information content (AvgIpc) is 2.94. The largest absolute Gasteiger partial charge is 0.395 e. The summed E-state index contributed by atoms with van der Waals surface area (Å²) in [6.45, 7) is 0.116. The highest BCUT2D eigenvalue weighted by Gasteiger charge is 2.07. The van der Waals surface area contributed by atoms with Gasteiger partial charge in [-0.3, -0.25) is 9.48 Å². The molecular weight excluding hydrogens is 290 g/mol. The summed E-state index contributed by atoms with van der Waals surface area (Å²) in [6.07, 6.45) is 3.70. The first-order chi connectivity index (χ1) is 10.2. The third-order valence-corrected chi connectivity index (χ3v) is 2.82. The molecule has 0 saturated carbocycles. The van der Waals surface area contributed by atoms with Gasteiger partial charge in [0, 0.05) is 29.4 Å². The lowest BCUT2D eigenvalue weighted by Gasteiger charge is -2.08. The predicted octanol–water partition coefficient (Wildman–Crippen LogP) is 1.91. The Bertz CT molecular complexity index is 672. The molecule has 108 valence electrons. The van der Waals surface area contributed by atoms with Gasteiger partial charge in [-0.05, 0) is 24.3 Å². The first-order valence-electron chi connectivity index (χ1n) is 6.35. The van der Waals surface area contributed by atoms with Crippen LogP contribution in [0.5, 0.6) is 0 Å². The minimum absolute atomic E-state index is 0.00157. The summed E-state index contributed by atoms with van der Waals surface area (Å²) in [5.74, 6) is 5.50. The molecule has 2 aromatic rings. The molecule has 0 spiro atoms. The molecule has 2 N–H and O–H groups in total. The van der Waals surface area contributed by atoms with Gasteiger partial charge in [0.1, 0.15) is 6.54 Å². The molecule has 1 heterocycles. The highest BCUT2D eigenvalue weighted by Crippen LogP contribution is 2.20. The normalized spacial score (nSPS) is 9.81. The minimum Gasteiger partial charge on any atom is -0.395 e. The number of nitrogens with zero attached hydrogens (tertiary/aromatic N) is 2. The average molecular weight is 304 g/mol. The number of aliphatic hydroxyl groups is 1. The van der Waals surface area contributed by atoms with Crippen LogP contribution >= 0.6 is 11.6 Å². The van der Waals surface area contributed by atoms with Crippen LogP contribution in [-0.4, -0.2) is 27.4 Å². The number of carbonyl (C=O) groups excluding carboxylic acids is 1. The van der Waals surface area contributed by atoms with Gasteiger partial charge in [0.25, 0.3) is 0 Å². The number of aromatic nitrogens is 2. The zero-order chi connectivity index (χ0) is 15.1. The summed E-state index contributed by atoms with van der Waals surface area (Å²) in [5, 5.41) is 16.0. The van der Waals surface area contributed by atoms with E-state index in [0.29, 0.717) is 22.7 Å². The number of halogens is 1. The Morgan fingerprint density at radius 2 is 2.33 bits per heavy atom. The molecule has 0 radical (unpaired) electrons. The lowest BCUT2D eigenvalue weighted by molar-refractivity contribution is -0.116. The van der Waals surface area contributed by atoms with E-state index < -0.39 is 0 Å². The van der Waals surface area contributed by atoms with Gasteiger partial charge in [-0.15, -0.1) is 0 Å². The third kappa shape index (κ3) is 4.63. The number of nitrogens with one attached hydrogen (secondary N) is 1. The highest BCUT2D eigenvalue weighted by atomic mass is 35.5. The molecule has 1 aromatic carbocycles. The molecule has 0 fully saturated rings. The Morgan fingerprint density at radius 3 is 3.05 bits per heavy atom. The van der Waals surface area contributed by atoms with Gasteiger partial charge in [0.05, 0.1) is 12.3 Å². The van der Waals surface area contributed by atoms with Crippen molar-refractivity contribution in [2.24, 2.45) is 0 Å². The molecule has 0 aliphatic carbocycles. The van der Waals surface area contributed by atoms with Gasteiger partial charge in [-0.25, -0.2) is 0 Å². The lowest BCUT2D eigenvalue weighted by atomic mass is 10.1. The Hall–Kier alpha value is -2.29. The number of anilines is 1. The van der Waals surface area contributed by atoms with E-state index in [-0.39, 0.29) is 19.1 Å². The first-order valence-corrected chi connectivity index (χ1v) is 6.73. The molecule has 0 bridgehead atoms. The lowest BCUT2D eigenvalue weighted by Crippen LogP contribution is -2.19. The van der Waals surface area contributed by atoms with Gasteiger partial charge in [-0.2, -0.15) is 5.10 Å². The van der Waals surface area contributed by atoms with Crippen LogP contribution in [0.25, 0.3) is 0 Å². The summed E-state index contributed by atoms with van der Waals surface area (Å²) in [5.41, 5.74) is 1.20. The SMILES string of the molecule is O=C(Cn1cccn1)Nc1cc(Cl)ccc1C#CCCO. The zero-order valence-corrected chi connectivity index (χ0v) is 12.0. The van der Waals surface area contributed by atoms with E-state index in [1.54, 1.807) is 36.7 Å². The van der Waals surface area contributed by atoms with Crippen molar-refractivity contribution >= 4 is 23.2 Å². The van der Waals surface area contributed by atoms with Gasteiger partial charge in [-0.1, -0.05) is 23.4 Å². The second kappa shape index (κ2) is 7.48. The fraction of sp³-hybridized carbons (Fsp3) is 0.200. The van der Waals surface area contributed by atoms with Gasteiger partial charge in [0.15, 0.2) is 0 Å². The van der Waals surface area contributed by atoms with Crippen molar-refractivity contribution in [2.75, 3.05) is 11.9 Å². The van der Waals surface area contributed by atoms with Gasteiger partial charge >= 0.3 is 0 Å². The summed E-state index contributed by atoms with van der Waals surface area (Å²) in [6, 6.07) is 6.83. The number of carbonyl (C=O) groups is 1. The Balaban J connectivity index is 2.12. The van der Waals surface area contributed by atoms with Crippen molar-refractivity contribution in [1.82, 2.24) is 9.78 Å². The molecule has 0 unspecified atom stereocenters. The van der Waals surface area contributed by atoms with Crippen molar-refractivity contribution in [3.8, 4) is 11.8 Å². The van der Waals surface area contributed by atoms with Crippen LogP contribution in [0.4, 0.5) is 5.69 Å². The van der Waals surface area contributed by atoms with Crippen LogP contribution in [-0.2, 0) is 11.3 Å². The van der Waals surface area contributed by atoms with Crippen LogP contribution in [0, 0.1) is 11.8 Å². The molecule has 21 heavy (non-hydrogen) atoms. The van der Waals surface area contributed by atoms with E-state index in [9.17, 15) is 4.79 Å². The number of rotatable bonds is 4. The molecular formula is C15H14ClN3O2. The first kappa shape index (κ1) is 15.1. The van der Waals surface area contributed by atoms with E-state index >= 15 is 0 Å². The van der Waals surface area contributed by atoms with E-state index in [1.807, 2.05) is 0 Å². The van der Waals surface area contributed by atoms with E-state index in [1.165, 1.54) is 4.68 Å². The Morgan fingerprint density at radius 1 is 1.48 bits per heavy atom. The molecule has 1 amide bonds. The number of benzene rings is 1. The van der Waals surface area contributed by atoms with Crippen LogP contribution in [0.3, 0.4) is 0 Å². The molecule has 0 saturated heterocycles. The minimum atomic E-state index is -0.217. The van der Waals surface area contributed by atoms with Crippen molar-refractivity contribution in [2.45, 2.75) is 13.0 Å². The van der Waals surface area contributed by atoms with Gasteiger partial charge in [0.2, 0.25) is 5.91 Å². The number of hydrogen-bond acceptors (Lipinski definition) is 3. The summed E-state index contributed by atoms with van der Waals surface area (Å²) >= 11 is 5.95. The molecule has 1 aromatic heterocycles. The van der Waals surface area contributed by atoms with Crippen LogP contribution < -0.4 is 5.32 Å². The molecule has 5 nitrogen and oxygen atoms in total. The molecule has 0 aliphatic heterocycles. The van der Waals surface area contributed by atoms with E-state index in [4.69, 9.17) is 16.7 Å². The Labute approximate surface area is 127 Å². The van der Waals surface area contributed by atoms with Gasteiger partial charge < -0.3 is 10.4 Å². The second-order valence-electron chi connectivity index (χ2n) is 4.22. The zero-order valence-electron chi connectivity index (χ0n) is 11.2. The second-order valence-corrected chi connectivity index (χ2v) is 4.65. The molecule has 6 heteroatoms.